The molecular weight excluding hydrogens is 460 g/mol. The van der Waals surface area contributed by atoms with Crippen molar-refractivity contribution in [2.45, 2.75) is 44.0 Å². The maximum atomic E-state index is 12.6. The Kier molecular flexibility index (Phi) is 14.5. The molecule has 2 aromatic rings. The smallest absolute Gasteiger partial charge is 0.407 e. The molecule has 0 saturated heterocycles. The van der Waals surface area contributed by atoms with Crippen LogP contribution in [0.15, 0.2) is 47.8 Å². The Morgan fingerprint density at radius 3 is 2.45 bits per heavy atom. The van der Waals surface area contributed by atoms with Crippen LogP contribution in [0.4, 0.5) is 4.79 Å². The number of carbonyl (C=O) groups excluding carboxylic acids is 1. The summed E-state index contributed by atoms with van der Waals surface area (Å²) in [4.78, 5) is 26.6. The van der Waals surface area contributed by atoms with Gasteiger partial charge in [-0.2, -0.15) is 11.8 Å². The summed E-state index contributed by atoms with van der Waals surface area (Å²) in [6, 6.07) is 13.5. The number of esters is 1. The van der Waals surface area contributed by atoms with Crippen LogP contribution in [0, 0.1) is 0 Å². The van der Waals surface area contributed by atoms with Crippen LogP contribution in [0.1, 0.15) is 36.0 Å². The van der Waals surface area contributed by atoms with E-state index in [0.29, 0.717) is 30.6 Å². The number of aryl methyl sites for hydroxylation is 1. The first-order valence-electron chi connectivity index (χ1n) is 10.9. The molecule has 0 aliphatic heterocycles. The quantitative estimate of drug-likeness (QED) is 0.356. The number of aliphatic hydroxyl groups excluding tert-OH is 1. The molecule has 2 rings (SSSR count). The van der Waals surface area contributed by atoms with Crippen LogP contribution < -0.4 is 5.32 Å². The summed E-state index contributed by atoms with van der Waals surface area (Å²) in [5.74, 6) is 0.385. The molecule has 3 N–H and O–H groups in total. The third kappa shape index (κ3) is 11.1. The maximum Gasteiger partial charge on any atom is 0.407 e. The number of hydrogen-bond donors (Lipinski definition) is 3. The first-order chi connectivity index (χ1) is 15.9. The van der Waals surface area contributed by atoms with E-state index >= 15 is 0 Å². The molecule has 184 valence electrons. The molecule has 2 unspecified atom stereocenters. The van der Waals surface area contributed by atoms with Gasteiger partial charge >= 0.3 is 12.1 Å². The summed E-state index contributed by atoms with van der Waals surface area (Å²) in [7, 11) is 2.55. The van der Waals surface area contributed by atoms with E-state index in [1.807, 2.05) is 36.4 Å². The molecule has 33 heavy (non-hydrogen) atoms. The highest BCUT2D eigenvalue weighted by atomic mass is 32.2. The number of rotatable bonds is 13. The molecular formula is C24H36N2O5S2. The third-order valence-corrected chi connectivity index (χ3v) is 7.44. The van der Waals surface area contributed by atoms with Gasteiger partial charge in [-0.25, -0.2) is 4.79 Å². The van der Waals surface area contributed by atoms with Gasteiger partial charge in [0.2, 0.25) is 0 Å². The van der Waals surface area contributed by atoms with Gasteiger partial charge < -0.3 is 19.8 Å². The summed E-state index contributed by atoms with van der Waals surface area (Å²) in [5, 5.41) is 22.1. The van der Waals surface area contributed by atoms with Gasteiger partial charge in [0, 0.05) is 42.6 Å². The number of thiophene rings is 1. The molecule has 1 aromatic carbocycles. The van der Waals surface area contributed by atoms with Crippen LogP contribution >= 0.6 is 23.1 Å². The standard InChI is InChI=1S/C23H32N2O4S2.CH4O/c1-4-29-22(26)20(13-12-18-9-6-5-7-10-18)24-19(15-25(3)23(27)28)16-31-17(2)21-11-8-14-30-21;1-2/h5-11,14,17,19-20,24H,4,12-13,15-16H2,1-3H3,(H,27,28);2H,1H3/t17-,19?,20?;/m0./s1. The van der Waals surface area contributed by atoms with Crippen molar-refractivity contribution >= 4 is 35.2 Å². The Bertz CT molecular complexity index is 789. The number of nitrogens with one attached hydrogen (secondary N) is 1. The monoisotopic (exact) mass is 496 g/mol. The molecule has 0 radical (unpaired) electrons. The van der Waals surface area contributed by atoms with E-state index in [1.165, 1.54) is 9.78 Å². The number of carboxylic acid groups (broad SMARTS) is 1. The second-order valence-electron chi connectivity index (χ2n) is 7.35. The number of thioether (sulfide) groups is 1. The predicted octanol–water partition coefficient (Wildman–Crippen LogP) is 4.28. The van der Waals surface area contributed by atoms with E-state index in [0.717, 1.165) is 19.1 Å². The zero-order valence-corrected chi connectivity index (χ0v) is 21.4. The van der Waals surface area contributed by atoms with Crippen LogP contribution in [0.25, 0.3) is 0 Å². The fraction of sp³-hybridized carbons (Fsp3) is 0.500. The van der Waals surface area contributed by atoms with Crippen molar-refractivity contribution < 1.29 is 24.5 Å². The van der Waals surface area contributed by atoms with Gasteiger partial charge in [-0.3, -0.25) is 10.1 Å². The number of benzene rings is 1. The fourth-order valence-corrected chi connectivity index (χ4v) is 5.18. The largest absolute Gasteiger partial charge is 0.465 e. The summed E-state index contributed by atoms with van der Waals surface area (Å²) in [6.07, 6.45) is 0.332. The van der Waals surface area contributed by atoms with Gasteiger partial charge in [0.1, 0.15) is 6.04 Å². The minimum atomic E-state index is -0.986. The highest BCUT2D eigenvalue weighted by Crippen LogP contribution is 2.31. The minimum absolute atomic E-state index is 0.182. The van der Waals surface area contributed by atoms with E-state index in [-0.39, 0.29) is 12.0 Å². The highest BCUT2D eigenvalue weighted by molar-refractivity contribution is 7.99. The molecule has 9 heteroatoms. The van der Waals surface area contributed by atoms with Gasteiger partial charge in [-0.05, 0) is 43.7 Å². The first-order valence-corrected chi connectivity index (χ1v) is 12.8. The van der Waals surface area contributed by atoms with E-state index < -0.39 is 12.1 Å². The molecule has 0 aliphatic carbocycles. The van der Waals surface area contributed by atoms with Gasteiger partial charge in [0.05, 0.1) is 6.61 Å². The molecule has 3 atom stereocenters. The summed E-state index contributed by atoms with van der Waals surface area (Å²) < 4.78 is 5.29. The van der Waals surface area contributed by atoms with E-state index in [4.69, 9.17) is 9.84 Å². The van der Waals surface area contributed by atoms with Gasteiger partial charge in [0.15, 0.2) is 0 Å². The number of nitrogens with zero attached hydrogens (tertiary/aromatic N) is 1. The van der Waals surface area contributed by atoms with Crippen molar-refractivity contribution in [1.29, 1.82) is 0 Å². The van der Waals surface area contributed by atoms with E-state index in [2.05, 4.69) is 23.7 Å². The number of hydrogen-bond acceptors (Lipinski definition) is 7. The van der Waals surface area contributed by atoms with Crippen molar-refractivity contribution in [3.63, 3.8) is 0 Å². The van der Waals surface area contributed by atoms with Crippen LogP contribution in [0.3, 0.4) is 0 Å². The molecule has 1 heterocycles. The topological polar surface area (TPSA) is 99.1 Å². The summed E-state index contributed by atoms with van der Waals surface area (Å²) >= 11 is 3.47. The number of ether oxygens (including phenoxy) is 1. The van der Waals surface area contributed by atoms with Crippen molar-refractivity contribution in [1.82, 2.24) is 10.2 Å². The Morgan fingerprint density at radius 2 is 1.88 bits per heavy atom. The number of aliphatic hydroxyl groups is 1. The molecule has 7 nitrogen and oxygen atoms in total. The molecule has 0 fully saturated rings. The fourth-order valence-electron chi connectivity index (χ4n) is 3.18. The number of carbonyl (C=O) groups is 2. The highest BCUT2D eigenvalue weighted by Gasteiger charge is 2.25. The Labute approximate surface area is 205 Å². The Morgan fingerprint density at radius 1 is 1.18 bits per heavy atom. The Hall–Kier alpha value is -2.07. The molecule has 0 saturated carbocycles. The van der Waals surface area contributed by atoms with Crippen molar-refractivity contribution in [2.75, 3.05) is 33.1 Å². The SMILES string of the molecule is CCOC(=O)C(CCc1ccccc1)NC(CS[C@@H](C)c1cccs1)CN(C)C(=O)O.CO. The average molecular weight is 497 g/mol. The normalized spacial score (nSPS) is 13.2. The average Bonchev–Trinajstić information content (AvgIpc) is 3.37. The summed E-state index contributed by atoms with van der Waals surface area (Å²) in [5.41, 5.74) is 1.15. The zero-order valence-electron chi connectivity index (χ0n) is 19.8. The summed E-state index contributed by atoms with van der Waals surface area (Å²) in [6.45, 7) is 4.54. The lowest BCUT2D eigenvalue weighted by Gasteiger charge is -2.28. The van der Waals surface area contributed by atoms with Crippen LogP contribution in [0.2, 0.25) is 0 Å². The van der Waals surface area contributed by atoms with Crippen LogP contribution in [-0.4, -0.2) is 72.3 Å². The van der Waals surface area contributed by atoms with E-state index in [1.54, 1.807) is 37.1 Å². The van der Waals surface area contributed by atoms with Crippen LogP contribution in [0.5, 0.6) is 0 Å². The lowest BCUT2D eigenvalue weighted by molar-refractivity contribution is -0.146. The zero-order chi connectivity index (χ0) is 24.6. The Balaban J connectivity index is 0.00000265. The van der Waals surface area contributed by atoms with Gasteiger partial charge in [-0.15, -0.1) is 11.3 Å². The van der Waals surface area contributed by atoms with Gasteiger partial charge in [0.25, 0.3) is 0 Å². The van der Waals surface area contributed by atoms with E-state index in [9.17, 15) is 14.7 Å². The lowest BCUT2D eigenvalue weighted by atomic mass is 10.0. The van der Waals surface area contributed by atoms with Crippen molar-refractivity contribution in [3.8, 4) is 0 Å². The molecule has 1 aromatic heterocycles. The first kappa shape index (κ1) is 29.0. The van der Waals surface area contributed by atoms with Crippen molar-refractivity contribution in [3.05, 3.63) is 58.3 Å². The molecule has 0 spiro atoms. The number of amides is 1. The second-order valence-corrected chi connectivity index (χ2v) is 9.70. The predicted molar refractivity (Wildman–Crippen MR) is 136 cm³/mol. The number of likely N-dealkylation sites (N-methyl/N-ethyl adjacent to an activating group) is 1. The minimum Gasteiger partial charge on any atom is -0.465 e. The molecule has 1 amide bonds. The van der Waals surface area contributed by atoms with Crippen LogP contribution in [-0.2, 0) is 16.0 Å². The molecule has 0 aliphatic rings. The lowest BCUT2D eigenvalue weighted by Crippen LogP contribution is -2.50. The van der Waals surface area contributed by atoms with Crippen molar-refractivity contribution in [2.24, 2.45) is 0 Å². The second kappa shape index (κ2) is 16.5. The molecule has 0 bridgehead atoms. The maximum absolute atomic E-state index is 12.6. The third-order valence-electron chi connectivity index (χ3n) is 4.88. The van der Waals surface area contributed by atoms with Gasteiger partial charge in [-0.1, -0.05) is 36.4 Å².